The van der Waals surface area contributed by atoms with Crippen molar-refractivity contribution in [2.45, 2.75) is 36.6 Å². The summed E-state index contributed by atoms with van der Waals surface area (Å²) in [5.74, 6) is 0.132. The van der Waals surface area contributed by atoms with Gasteiger partial charge in [0, 0.05) is 43.2 Å². The summed E-state index contributed by atoms with van der Waals surface area (Å²) in [6.45, 7) is 1.44. The molecule has 0 bridgehead atoms. The Balaban J connectivity index is 0.00000289. The highest BCUT2D eigenvalue weighted by Crippen LogP contribution is 2.28. The van der Waals surface area contributed by atoms with E-state index in [0.717, 1.165) is 36.5 Å². The monoisotopic (exact) mass is 498 g/mol. The number of carbonyl (C=O) groups is 1. The Labute approximate surface area is 200 Å². The van der Waals surface area contributed by atoms with Crippen LogP contribution in [0.25, 0.3) is 10.8 Å². The number of benzene rings is 2. The first kappa shape index (κ1) is 24.8. The maximum absolute atomic E-state index is 13.1. The van der Waals surface area contributed by atoms with Crippen LogP contribution < -0.4 is 5.32 Å². The number of nitrogens with one attached hydrogen (secondary N) is 2. The number of amides is 1. The Bertz CT molecular complexity index is 1080. The molecule has 1 aliphatic heterocycles. The van der Waals surface area contributed by atoms with Crippen molar-refractivity contribution < 1.29 is 13.2 Å². The molecule has 2 fully saturated rings. The molecular weight excluding hydrogens is 471 g/mol. The van der Waals surface area contributed by atoms with Crippen LogP contribution in [0, 0.1) is 11.3 Å². The molecule has 1 saturated heterocycles. The maximum atomic E-state index is 13.1. The lowest BCUT2D eigenvalue weighted by Gasteiger charge is -2.37. The van der Waals surface area contributed by atoms with E-state index in [2.05, 4.69) is 5.32 Å². The summed E-state index contributed by atoms with van der Waals surface area (Å²) in [5, 5.41) is 12.5. The van der Waals surface area contributed by atoms with Crippen LogP contribution in [0.3, 0.4) is 0 Å². The molecule has 174 valence electrons. The number of carbonyl (C=O) groups excluding carboxylic acids is 1. The molecule has 2 aliphatic rings. The predicted molar refractivity (Wildman–Crippen MR) is 129 cm³/mol. The van der Waals surface area contributed by atoms with Gasteiger partial charge in [-0.1, -0.05) is 23.7 Å². The van der Waals surface area contributed by atoms with Crippen LogP contribution in [-0.2, 0) is 14.8 Å². The SMILES string of the molecule is Cl.N=CNC1CCC(C(=O)N2CCN(S(=O)(=O)c3ccc4cc(Cl)ccc4c3)CC2)CC1. The molecule has 1 amide bonds. The van der Waals surface area contributed by atoms with Crippen molar-refractivity contribution in [1.82, 2.24) is 14.5 Å². The Kier molecular flexibility index (Phi) is 8.03. The summed E-state index contributed by atoms with van der Waals surface area (Å²) in [6, 6.07) is 10.7. The molecule has 0 aromatic heterocycles. The number of rotatable bonds is 5. The fraction of sp³-hybridized carbons (Fsp3) is 0.455. The lowest BCUT2D eigenvalue weighted by atomic mass is 9.85. The van der Waals surface area contributed by atoms with Gasteiger partial charge in [-0.25, -0.2) is 8.42 Å². The van der Waals surface area contributed by atoms with Crippen LogP contribution in [-0.4, -0.2) is 62.1 Å². The summed E-state index contributed by atoms with van der Waals surface area (Å²) in [5.41, 5.74) is 0. The lowest BCUT2D eigenvalue weighted by molar-refractivity contribution is -0.137. The molecular formula is C22H28Cl2N4O3S. The van der Waals surface area contributed by atoms with E-state index in [1.165, 1.54) is 10.6 Å². The molecule has 0 spiro atoms. The zero-order valence-electron chi connectivity index (χ0n) is 17.7. The minimum Gasteiger partial charge on any atom is -0.374 e. The van der Waals surface area contributed by atoms with Crippen LogP contribution in [0.1, 0.15) is 25.7 Å². The standard InChI is InChI=1S/C22H27ClN4O3S.ClH/c23-19-5-1-18-14-21(8-4-17(18)13-19)31(29,30)27-11-9-26(10-12-27)22(28)16-2-6-20(7-3-16)25-15-24;/h1,4-5,8,13-16,20H,2-3,6-7,9-12H2,(H2,24,25);1H. The quantitative estimate of drug-likeness (QED) is 0.487. The number of nitrogens with zero attached hydrogens (tertiary/aromatic N) is 2. The van der Waals surface area contributed by atoms with Crippen molar-refractivity contribution in [1.29, 1.82) is 5.41 Å². The van der Waals surface area contributed by atoms with Crippen LogP contribution in [0.4, 0.5) is 0 Å². The first-order chi connectivity index (χ1) is 14.9. The number of hydrogen-bond donors (Lipinski definition) is 2. The lowest BCUT2D eigenvalue weighted by Crippen LogP contribution is -2.52. The second kappa shape index (κ2) is 10.4. The van der Waals surface area contributed by atoms with E-state index < -0.39 is 10.0 Å². The minimum absolute atomic E-state index is 0. The van der Waals surface area contributed by atoms with Gasteiger partial charge < -0.3 is 10.2 Å². The highest BCUT2D eigenvalue weighted by molar-refractivity contribution is 7.89. The third kappa shape index (κ3) is 5.20. The number of piperazine rings is 1. The Hall–Kier alpha value is -1.87. The zero-order chi connectivity index (χ0) is 22.0. The van der Waals surface area contributed by atoms with E-state index in [0.29, 0.717) is 31.2 Å². The number of halogens is 2. The molecule has 1 heterocycles. The molecule has 7 nitrogen and oxygen atoms in total. The Morgan fingerprint density at radius 2 is 1.62 bits per heavy atom. The van der Waals surface area contributed by atoms with Crippen LogP contribution in [0.5, 0.6) is 0 Å². The molecule has 10 heteroatoms. The largest absolute Gasteiger partial charge is 0.374 e. The molecule has 1 saturated carbocycles. The number of fused-ring (bicyclic) bond motifs is 1. The topological polar surface area (TPSA) is 93.6 Å². The summed E-state index contributed by atoms with van der Waals surface area (Å²) in [4.78, 5) is 15.0. The van der Waals surface area contributed by atoms with Gasteiger partial charge in [0.1, 0.15) is 0 Å². The molecule has 0 unspecified atom stereocenters. The third-order valence-electron chi connectivity index (χ3n) is 6.36. The Morgan fingerprint density at radius 3 is 2.28 bits per heavy atom. The van der Waals surface area contributed by atoms with Crippen molar-refractivity contribution in [3.05, 3.63) is 41.4 Å². The van der Waals surface area contributed by atoms with Gasteiger partial charge >= 0.3 is 0 Å². The van der Waals surface area contributed by atoms with Crippen molar-refractivity contribution in [3.8, 4) is 0 Å². The van der Waals surface area contributed by atoms with Crippen molar-refractivity contribution in [2.24, 2.45) is 5.92 Å². The van der Waals surface area contributed by atoms with Gasteiger partial charge in [-0.2, -0.15) is 4.31 Å². The first-order valence-corrected chi connectivity index (χ1v) is 12.4. The average Bonchev–Trinajstić information content (AvgIpc) is 2.79. The van der Waals surface area contributed by atoms with Crippen LogP contribution >= 0.6 is 24.0 Å². The normalized spacial score (nSPS) is 22.2. The van der Waals surface area contributed by atoms with E-state index in [1.807, 2.05) is 17.0 Å². The highest BCUT2D eigenvalue weighted by Gasteiger charge is 2.34. The number of sulfonamides is 1. The zero-order valence-corrected chi connectivity index (χ0v) is 20.1. The molecule has 2 aromatic rings. The van der Waals surface area contributed by atoms with Gasteiger partial charge in [-0.3, -0.25) is 10.2 Å². The Morgan fingerprint density at radius 1 is 1.00 bits per heavy atom. The van der Waals surface area contributed by atoms with Gasteiger partial charge in [0.15, 0.2) is 0 Å². The smallest absolute Gasteiger partial charge is 0.243 e. The maximum Gasteiger partial charge on any atom is 0.243 e. The number of hydrogen-bond acceptors (Lipinski definition) is 4. The van der Waals surface area contributed by atoms with Gasteiger partial charge in [-0.15, -0.1) is 12.4 Å². The van der Waals surface area contributed by atoms with Crippen molar-refractivity contribution >= 4 is 57.0 Å². The van der Waals surface area contributed by atoms with Gasteiger partial charge in [0.05, 0.1) is 11.2 Å². The first-order valence-electron chi connectivity index (χ1n) is 10.6. The summed E-state index contributed by atoms with van der Waals surface area (Å²) >= 11 is 6.02. The molecule has 32 heavy (non-hydrogen) atoms. The summed E-state index contributed by atoms with van der Waals surface area (Å²) in [6.07, 6.45) is 4.60. The molecule has 2 N–H and O–H groups in total. The summed E-state index contributed by atoms with van der Waals surface area (Å²) < 4.78 is 27.8. The molecule has 0 atom stereocenters. The molecule has 0 radical (unpaired) electrons. The van der Waals surface area contributed by atoms with Gasteiger partial charge in [0.25, 0.3) is 0 Å². The van der Waals surface area contributed by atoms with E-state index in [-0.39, 0.29) is 35.2 Å². The van der Waals surface area contributed by atoms with E-state index in [1.54, 1.807) is 24.3 Å². The summed E-state index contributed by atoms with van der Waals surface area (Å²) in [7, 11) is -3.62. The molecule has 2 aromatic carbocycles. The second-order valence-electron chi connectivity index (χ2n) is 8.24. The predicted octanol–water partition coefficient (Wildman–Crippen LogP) is 3.50. The average molecular weight is 499 g/mol. The highest BCUT2D eigenvalue weighted by atomic mass is 35.5. The van der Waals surface area contributed by atoms with Crippen molar-refractivity contribution in [3.63, 3.8) is 0 Å². The van der Waals surface area contributed by atoms with Gasteiger partial charge in [-0.05, 0) is 60.7 Å². The van der Waals surface area contributed by atoms with Gasteiger partial charge in [0.2, 0.25) is 15.9 Å². The second-order valence-corrected chi connectivity index (χ2v) is 10.6. The fourth-order valence-corrected chi connectivity index (χ4v) is 6.17. The third-order valence-corrected chi connectivity index (χ3v) is 8.49. The molecule has 1 aliphatic carbocycles. The van der Waals surface area contributed by atoms with Crippen molar-refractivity contribution in [2.75, 3.05) is 26.2 Å². The minimum atomic E-state index is -3.62. The van der Waals surface area contributed by atoms with E-state index in [9.17, 15) is 13.2 Å². The van der Waals surface area contributed by atoms with E-state index in [4.69, 9.17) is 17.0 Å². The van der Waals surface area contributed by atoms with E-state index >= 15 is 0 Å². The van der Waals surface area contributed by atoms with Crippen LogP contribution in [0.15, 0.2) is 41.3 Å². The molecule has 4 rings (SSSR count). The van der Waals surface area contributed by atoms with Crippen LogP contribution in [0.2, 0.25) is 5.02 Å². The fourth-order valence-electron chi connectivity index (χ4n) is 4.54.